The van der Waals surface area contributed by atoms with Crippen LogP contribution in [0.3, 0.4) is 0 Å². The average molecular weight is 343 g/mol. The van der Waals surface area contributed by atoms with Crippen LogP contribution in [-0.2, 0) is 17.8 Å². The van der Waals surface area contributed by atoms with E-state index in [4.69, 9.17) is 4.74 Å². The van der Waals surface area contributed by atoms with Gasteiger partial charge in [0.2, 0.25) is 0 Å². The van der Waals surface area contributed by atoms with E-state index in [0.717, 1.165) is 64.0 Å². The van der Waals surface area contributed by atoms with Crippen LogP contribution in [0.5, 0.6) is 5.75 Å². The molecule has 1 spiro atoms. The van der Waals surface area contributed by atoms with Crippen LogP contribution in [-0.4, -0.2) is 42.1 Å². The van der Waals surface area contributed by atoms with Crippen molar-refractivity contribution < 1.29 is 14.3 Å². The number of imide groups is 1. The number of amides is 3. The van der Waals surface area contributed by atoms with Crippen LogP contribution in [0.15, 0.2) is 18.2 Å². The van der Waals surface area contributed by atoms with E-state index in [1.54, 1.807) is 0 Å². The number of rotatable bonds is 6. The van der Waals surface area contributed by atoms with Gasteiger partial charge in [0.15, 0.2) is 0 Å². The lowest BCUT2D eigenvalue weighted by Crippen LogP contribution is -2.44. The second kappa shape index (κ2) is 6.67. The molecule has 4 rings (SSSR count). The molecule has 0 aromatic heterocycles. The predicted molar refractivity (Wildman–Crippen MR) is 93.4 cm³/mol. The van der Waals surface area contributed by atoms with Crippen molar-refractivity contribution in [2.45, 2.75) is 50.6 Å². The minimum atomic E-state index is -0.586. The first kappa shape index (κ1) is 16.4. The number of hydrogen-bond donors (Lipinski definition) is 2. The summed E-state index contributed by atoms with van der Waals surface area (Å²) in [7, 11) is 0. The quantitative estimate of drug-likeness (QED) is 0.612. The third kappa shape index (κ3) is 3.11. The van der Waals surface area contributed by atoms with Crippen LogP contribution in [0.4, 0.5) is 4.79 Å². The number of ether oxygens (including phenoxy) is 1. The predicted octanol–water partition coefficient (Wildman–Crippen LogP) is 1.97. The first-order chi connectivity index (χ1) is 12.2. The lowest BCUT2D eigenvalue weighted by molar-refractivity contribution is -0.131. The molecule has 1 saturated carbocycles. The summed E-state index contributed by atoms with van der Waals surface area (Å²) in [5.74, 6) is 0.983. The zero-order valence-electron chi connectivity index (χ0n) is 14.5. The Morgan fingerprint density at radius 2 is 2.08 bits per heavy atom. The summed E-state index contributed by atoms with van der Waals surface area (Å²) in [6.45, 7) is 2.83. The van der Waals surface area contributed by atoms with Crippen LogP contribution in [0.2, 0.25) is 0 Å². The number of nitrogens with zero attached hydrogens (tertiary/aromatic N) is 1. The highest BCUT2D eigenvalue weighted by Crippen LogP contribution is 2.35. The molecule has 0 unspecified atom stereocenters. The van der Waals surface area contributed by atoms with Crippen LogP contribution < -0.4 is 15.4 Å². The van der Waals surface area contributed by atoms with Crippen molar-refractivity contribution in [1.82, 2.24) is 15.5 Å². The van der Waals surface area contributed by atoms with Gasteiger partial charge in [-0.3, -0.25) is 9.69 Å². The maximum absolute atomic E-state index is 12.5. The van der Waals surface area contributed by atoms with Gasteiger partial charge in [-0.05, 0) is 43.0 Å². The Morgan fingerprint density at radius 3 is 2.92 bits per heavy atom. The lowest BCUT2D eigenvalue weighted by atomic mass is 9.98. The fraction of sp³-hybridized carbons (Fsp3) is 0.579. The highest BCUT2D eigenvalue weighted by atomic mass is 16.5. The zero-order chi connectivity index (χ0) is 17.3. The van der Waals surface area contributed by atoms with E-state index in [1.165, 1.54) is 16.0 Å². The molecule has 2 heterocycles. The van der Waals surface area contributed by atoms with Crippen LogP contribution in [0.1, 0.15) is 43.2 Å². The third-order valence-corrected chi connectivity index (χ3v) is 5.52. The molecular formula is C19H25N3O3. The number of urea groups is 1. The van der Waals surface area contributed by atoms with Crippen molar-refractivity contribution in [3.05, 3.63) is 29.3 Å². The number of carbonyl (C=O) groups excluding carboxylic acids is 2. The molecule has 0 radical (unpaired) electrons. The molecule has 3 amide bonds. The van der Waals surface area contributed by atoms with Crippen LogP contribution >= 0.6 is 0 Å². The minimum absolute atomic E-state index is 0.0198. The Hall–Kier alpha value is -2.08. The van der Waals surface area contributed by atoms with Gasteiger partial charge in [0.25, 0.3) is 5.91 Å². The summed E-state index contributed by atoms with van der Waals surface area (Å²) in [5.41, 5.74) is 1.93. The maximum Gasteiger partial charge on any atom is 0.325 e. The molecule has 1 aromatic carbocycles. The fourth-order valence-corrected chi connectivity index (χ4v) is 4.14. The average Bonchev–Trinajstić information content (AvgIpc) is 3.30. The molecular weight excluding hydrogens is 318 g/mol. The van der Waals surface area contributed by atoms with Gasteiger partial charge in [-0.2, -0.15) is 0 Å². The number of carbonyl (C=O) groups is 2. The fourth-order valence-electron chi connectivity index (χ4n) is 4.14. The molecule has 2 N–H and O–H groups in total. The first-order valence-corrected chi connectivity index (χ1v) is 9.27. The van der Waals surface area contributed by atoms with E-state index in [0.29, 0.717) is 6.54 Å². The summed E-state index contributed by atoms with van der Waals surface area (Å²) >= 11 is 0. The standard InChI is InChI=1S/C19H25N3O3/c23-17-19(7-1-2-8-19)21-18(24)22(17)10-3-9-20-13-14-4-5-16-15(12-14)6-11-25-16/h4-5,12,20H,1-3,6-11,13H2,(H,21,24). The largest absolute Gasteiger partial charge is 0.493 e. The van der Waals surface area contributed by atoms with Crippen molar-refractivity contribution in [2.24, 2.45) is 0 Å². The molecule has 25 heavy (non-hydrogen) atoms. The molecule has 2 aliphatic heterocycles. The molecule has 2 fully saturated rings. The highest BCUT2D eigenvalue weighted by molar-refractivity contribution is 6.07. The van der Waals surface area contributed by atoms with Gasteiger partial charge in [-0.15, -0.1) is 0 Å². The summed E-state index contributed by atoms with van der Waals surface area (Å²) in [6, 6.07) is 6.09. The molecule has 1 aromatic rings. The smallest absolute Gasteiger partial charge is 0.325 e. The Kier molecular flexibility index (Phi) is 4.37. The van der Waals surface area contributed by atoms with E-state index in [2.05, 4.69) is 22.8 Å². The van der Waals surface area contributed by atoms with Crippen molar-refractivity contribution in [3.8, 4) is 5.75 Å². The second-order valence-electron chi connectivity index (χ2n) is 7.25. The summed E-state index contributed by atoms with van der Waals surface area (Å²) in [5, 5.41) is 6.32. The summed E-state index contributed by atoms with van der Waals surface area (Å²) < 4.78 is 5.52. The van der Waals surface area contributed by atoms with Gasteiger partial charge in [-0.25, -0.2) is 4.79 Å². The van der Waals surface area contributed by atoms with E-state index in [9.17, 15) is 9.59 Å². The van der Waals surface area contributed by atoms with Crippen molar-refractivity contribution in [2.75, 3.05) is 19.7 Å². The molecule has 1 saturated heterocycles. The molecule has 134 valence electrons. The van der Waals surface area contributed by atoms with Crippen LogP contribution in [0.25, 0.3) is 0 Å². The normalized spacial score (nSPS) is 20.9. The topological polar surface area (TPSA) is 70.7 Å². The lowest BCUT2D eigenvalue weighted by Gasteiger charge is -2.20. The summed E-state index contributed by atoms with van der Waals surface area (Å²) in [6.07, 6.45) is 5.36. The molecule has 3 aliphatic rings. The SMILES string of the molecule is O=C1NC2(CCCC2)C(=O)N1CCCNCc1ccc2c(c1)CCO2. The zero-order valence-corrected chi connectivity index (χ0v) is 14.5. The first-order valence-electron chi connectivity index (χ1n) is 9.27. The second-order valence-corrected chi connectivity index (χ2v) is 7.25. The number of fused-ring (bicyclic) bond motifs is 1. The Balaban J connectivity index is 1.22. The van der Waals surface area contributed by atoms with Gasteiger partial charge < -0.3 is 15.4 Å². The van der Waals surface area contributed by atoms with E-state index in [-0.39, 0.29) is 11.9 Å². The molecule has 6 heteroatoms. The Labute approximate surface area is 147 Å². The molecule has 0 atom stereocenters. The van der Waals surface area contributed by atoms with Crippen molar-refractivity contribution >= 4 is 11.9 Å². The number of nitrogens with one attached hydrogen (secondary N) is 2. The van der Waals surface area contributed by atoms with Gasteiger partial charge in [0.1, 0.15) is 11.3 Å². The van der Waals surface area contributed by atoms with E-state index >= 15 is 0 Å². The van der Waals surface area contributed by atoms with Gasteiger partial charge in [0.05, 0.1) is 6.61 Å². The van der Waals surface area contributed by atoms with E-state index in [1.807, 2.05) is 6.07 Å². The van der Waals surface area contributed by atoms with Gasteiger partial charge in [0, 0.05) is 19.5 Å². The van der Waals surface area contributed by atoms with Gasteiger partial charge >= 0.3 is 6.03 Å². The van der Waals surface area contributed by atoms with E-state index < -0.39 is 5.54 Å². The third-order valence-electron chi connectivity index (χ3n) is 5.52. The Bertz CT molecular complexity index is 682. The molecule has 0 bridgehead atoms. The highest BCUT2D eigenvalue weighted by Gasteiger charge is 2.51. The Morgan fingerprint density at radius 1 is 1.24 bits per heavy atom. The number of benzene rings is 1. The van der Waals surface area contributed by atoms with Crippen molar-refractivity contribution in [3.63, 3.8) is 0 Å². The van der Waals surface area contributed by atoms with Gasteiger partial charge in [-0.1, -0.05) is 25.0 Å². The minimum Gasteiger partial charge on any atom is -0.493 e. The summed E-state index contributed by atoms with van der Waals surface area (Å²) in [4.78, 5) is 26.0. The molecule has 1 aliphatic carbocycles. The maximum atomic E-state index is 12.5. The molecule has 6 nitrogen and oxygen atoms in total. The van der Waals surface area contributed by atoms with Crippen LogP contribution in [0, 0.1) is 0 Å². The monoisotopic (exact) mass is 343 g/mol. The van der Waals surface area contributed by atoms with Crippen molar-refractivity contribution in [1.29, 1.82) is 0 Å². The number of hydrogen-bond acceptors (Lipinski definition) is 4.